The molecule has 1 N–H and O–H groups in total. The SMILES string of the molecule is CC(C)(C)c1cc(NC(=O)CN2CCN(Cc3cn4ccccc4n3)CC2)on1. The van der Waals surface area contributed by atoms with Crippen molar-refractivity contribution in [3.05, 3.63) is 48.0 Å². The maximum absolute atomic E-state index is 12.3. The minimum atomic E-state index is -0.107. The summed E-state index contributed by atoms with van der Waals surface area (Å²) in [6.45, 7) is 10.9. The first-order valence-corrected chi connectivity index (χ1v) is 10.0. The molecule has 4 rings (SSSR count). The molecule has 0 radical (unpaired) electrons. The molecule has 0 aromatic carbocycles. The highest BCUT2D eigenvalue weighted by atomic mass is 16.5. The Balaban J connectivity index is 1.24. The molecular formula is C21H28N6O2. The highest BCUT2D eigenvalue weighted by Gasteiger charge is 2.22. The van der Waals surface area contributed by atoms with E-state index in [1.54, 1.807) is 6.07 Å². The lowest BCUT2D eigenvalue weighted by atomic mass is 9.92. The van der Waals surface area contributed by atoms with Crippen LogP contribution in [0.25, 0.3) is 5.65 Å². The summed E-state index contributed by atoms with van der Waals surface area (Å²) in [4.78, 5) is 21.6. The fraction of sp³-hybridized carbons (Fsp3) is 0.476. The molecule has 3 aromatic rings. The number of rotatable bonds is 5. The maximum atomic E-state index is 12.3. The van der Waals surface area contributed by atoms with Crippen LogP contribution in [0, 0.1) is 0 Å². The molecule has 1 aliphatic heterocycles. The van der Waals surface area contributed by atoms with E-state index in [9.17, 15) is 4.79 Å². The lowest BCUT2D eigenvalue weighted by Gasteiger charge is -2.33. The average molecular weight is 396 g/mol. The van der Waals surface area contributed by atoms with E-state index in [1.807, 2.05) is 28.8 Å². The van der Waals surface area contributed by atoms with Gasteiger partial charge in [-0.25, -0.2) is 4.98 Å². The zero-order valence-corrected chi connectivity index (χ0v) is 17.3. The first-order valence-electron chi connectivity index (χ1n) is 10.0. The van der Waals surface area contributed by atoms with Crippen LogP contribution in [0.15, 0.2) is 41.2 Å². The van der Waals surface area contributed by atoms with Crippen molar-refractivity contribution in [3.8, 4) is 0 Å². The number of anilines is 1. The quantitative estimate of drug-likeness (QED) is 0.713. The molecule has 0 saturated carbocycles. The molecule has 8 heteroatoms. The van der Waals surface area contributed by atoms with E-state index in [0.29, 0.717) is 12.4 Å². The molecule has 0 unspecified atom stereocenters. The van der Waals surface area contributed by atoms with Crippen LogP contribution in [-0.4, -0.2) is 63.0 Å². The Bertz CT molecular complexity index is 945. The summed E-state index contributed by atoms with van der Waals surface area (Å²) >= 11 is 0. The van der Waals surface area contributed by atoms with Gasteiger partial charge >= 0.3 is 0 Å². The van der Waals surface area contributed by atoms with Gasteiger partial charge in [0.2, 0.25) is 11.8 Å². The van der Waals surface area contributed by atoms with Crippen molar-refractivity contribution in [1.82, 2.24) is 24.3 Å². The number of fused-ring (bicyclic) bond motifs is 1. The number of aromatic nitrogens is 3. The zero-order chi connectivity index (χ0) is 20.4. The Morgan fingerprint density at radius 3 is 2.62 bits per heavy atom. The minimum Gasteiger partial charge on any atom is -0.338 e. The van der Waals surface area contributed by atoms with E-state index in [1.165, 1.54) is 0 Å². The minimum absolute atomic E-state index is 0.0737. The number of piperazine rings is 1. The van der Waals surface area contributed by atoms with Crippen LogP contribution in [0.2, 0.25) is 0 Å². The van der Waals surface area contributed by atoms with Gasteiger partial charge in [0.1, 0.15) is 5.65 Å². The number of nitrogens with one attached hydrogen (secondary N) is 1. The molecule has 1 aliphatic rings. The van der Waals surface area contributed by atoms with Crippen LogP contribution in [0.5, 0.6) is 0 Å². The molecule has 154 valence electrons. The number of carbonyl (C=O) groups is 1. The van der Waals surface area contributed by atoms with E-state index in [2.05, 4.69) is 52.2 Å². The van der Waals surface area contributed by atoms with Gasteiger partial charge in [0.15, 0.2) is 0 Å². The van der Waals surface area contributed by atoms with Crippen molar-refractivity contribution >= 4 is 17.4 Å². The van der Waals surface area contributed by atoms with Gasteiger partial charge in [-0.1, -0.05) is 32.0 Å². The van der Waals surface area contributed by atoms with Crippen LogP contribution in [0.1, 0.15) is 32.2 Å². The summed E-state index contributed by atoms with van der Waals surface area (Å²) in [5.74, 6) is 0.334. The van der Waals surface area contributed by atoms with Gasteiger partial charge < -0.3 is 8.92 Å². The van der Waals surface area contributed by atoms with Crippen LogP contribution < -0.4 is 5.32 Å². The summed E-state index contributed by atoms with van der Waals surface area (Å²) in [5.41, 5.74) is 2.76. The van der Waals surface area contributed by atoms with Crippen LogP contribution >= 0.6 is 0 Å². The fourth-order valence-corrected chi connectivity index (χ4v) is 3.47. The van der Waals surface area contributed by atoms with Gasteiger partial charge in [-0.05, 0) is 12.1 Å². The Morgan fingerprint density at radius 2 is 1.93 bits per heavy atom. The summed E-state index contributed by atoms with van der Waals surface area (Å²) in [6.07, 6.45) is 4.10. The summed E-state index contributed by atoms with van der Waals surface area (Å²) in [7, 11) is 0. The summed E-state index contributed by atoms with van der Waals surface area (Å²) in [5, 5.41) is 6.85. The second-order valence-electron chi connectivity index (χ2n) is 8.63. The van der Waals surface area contributed by atoms with E-state index in [0.717, 1.165) is 49.8 Å². The third-order valence-electron chi connectivity index (χ3n) is 5.17. The average Bonchev–Trinajstić information content (AvgIpc) is 3.29. The number of imidazole rings is 1. The number of hydrogen-bond donors (Lipinski definition) is 1. The van der Waals surface area contributed by atoms with Crippen molar-refractivity contribution in [2.75, 3.05) is 38.0 Å². The largest absolute Gasteiger partial charge is 0.338 e. The molecule has 4 heterocycles. The van der Waals surface area contributed by atoms with Gasteiger partial charge in [0.05, 0.1) is 17.9 Å². The molecule has 29 heavy (non-hydrogen) atoms. The van der Waals surface area contributed by atoms with Crippen LogP contribution in [0.3, 0.4) is 0 Å². The molecule has 0 aliphatic carbocycles. The topological polar surface area (TPSA) is 78.9 Å². The van der Waals surface area contributed by atoms with Crippen LogP contribution in [-0.2, 0) is 16.8 Å². The van der Waals surface area contributed by atoms with Crippen molar-refractivity contribution in [1.29, 1.82) is 0 Å². The monoisotopic (exact) mass is 396 g/mol. The normalized spacial score (nSPS) is 16.4. The lowest BCUT2D eigenvalue weighted by Crippen LogP contribution is -2.48. The number of hydrogen-bond acceptors (Lipinski definition) is 6. The predicted octanol–water partition coefficient (Wildman–Crippen LogP) is 2.38. The fourth-order valence-electron chi connectivity index (χ4n) is 3.47. The van der Waals surface area contributed by atoms with Crippen molar-refractivity contribution in [2.45, 2.75) is 32.7 Å². The number of carbonyl (C=O) groups excluding carboxylic acids is 1. The summed E-state index contributed by atoms with van der Waals surface area (Å²) < 4.78 is 7.29. The standard InChI is InChI=1S/C21H28N6O2/c1-21(2,3)17-12-20(29-24-17)23-19(28)15-26-10-8-25(9-11-26)13-16-14-27-7-5-4-6-18(27)22-16/h4-7,12,14H,8-11,13,15H2,1-3H3,(H,23,28). The molecule has 8 nitrogen and oxygen atoms in total. The molecule has 0 bridgehead atoms. The molecule has 3 aromatic heterocycles. The zero-order valence-electron chi connectivity index (χ0n) is 17.3. The van der Waals surface area contributed by atoms with Crippen molar-refractivity contribution in [2.24, 2.45) is 0 Å². The van der Waals surface area contributed by atoms with Gasteiger partial charge in [-0.2, -0.15) is 0 Å². The number of pyridine rings is 1. The molecular weight excluding hydrogens is 368 g/mol. The van der Waals surface area contributed by atoms with Gasteiger partial charge in [-0.3, -0.25) is 19.9 Å². The first-order chi connectivity index (χ1) is 13.9. The number of nitrogens with zero attached hydrogens (tertiary/aromatic N) is 5. The Labute approximate surface area is 170 Å². The van der Waals surface area contributed by atoms with E-state index >= 15 is 0 Å². The van der Waals surface area contributed by atoms with Crippen LogP contribution in [0.4, 0.5) is 5.88 Å². The maximum Gasteiger partial charge on any atom is 0.240 e. The molecule has 1 fully saturated rings. The molecule has 1 amide bonds. The van der Waals surface area contributed by atoms with E-state index in [4.69, 9.17) is 4.52 Å². The van der Waals surface area contributed by atoms with Gasteiger partial charge in [-0.15, -0.1) is 0 Å². The number of amides is 1. The summed E-state index contributed by atoms with van der Waals surface area (Å²) in [6, 6.07) is 7.81. The Hall–Kier alpha value is -2.71. The van der Waals surface area contributed by atoms with Gasteiger partial charge in [0.25, 0.3) is 0 Å². The highest BCUT2D eigenvalue weighted by molar-refractivity contribution is 5.91. The highest BCUT2D eigenvalue weighted by Crippen LogP contribution is 2.23. The molecule has 0 atom stereocenters. The Morgan fingerprint density at radius 1 is 1.17 bits per heavy atom. The lowest BCUT2D eigenvalue weighted by molar-refractivity contribution is -0.117. The predicted molar refractivity (Wildman–Crippen MR) is 111 cm³/mol. The molecule has 1 saturated heterocycles. The smallest absolute Gasteiger partial charge is 0.240 e. The van der Waals surface area contributed by atoms with Gasteiger partial charge in [0, 0.05) is 56.6 Å². The first kappa shape index (κ1) is 19.6. The third-order valence-corrected chi connectivity index (χ3v) is 5.17. The molecule has 0 spiro atoms. The van der Waals surface area contributed by atoms with E-state index in [-0.39, 0.29) is 11.3 Å². The van der Waals surface area contributed by atoms with Crippen molar-refractivity contribution < 1.29 is 9.32 Å². The van der Waals surface area contributed by atoms with Crippen molar-refractivity contribution in [3.63, 3.8) is 0 Å². The second-order valence-corrected chi connectivity index (χ2v) is 8.63. The second kappa shape index (κ2) is 7.96. The third kappa shape index (κ3) is 4.83. The van der Waals surface area contributed by atoms with E-state index < -0.39 is 0 Å². The Kier molecular flexibility index (Phi) is 5.38.